The molecule has 0 N–H and O–H groups in total. The second-order valence-electron chi connectivity index (χ2n) is 6.64. The van der Waals surface area contributed by atoms with Crippen molar-refractivity contribution >= 4 is 29.1 Å². The second kappa shape index (κ2) is 8.10. The van der Waals surface area contributed by atoms with Crippen LogP contribution in [0.3, 0.4) is 0 Å². The van der Waals surface area contributed by atoms with E-state index >= 15 is 0 Å². The van der Waals surface area contributed by atoms with E-state index in [0.717, 1.165) is 51.0 Å². The maximum atomic E-state index is 12.6. The number of ether oxygens (including phenoxy) is 1. The molecule has 1 aromatic carbocycles. The topological polar surface area (TPSA) is 61.8 Å². The predicted molar refractivity (Wildman–Crippen MR) is 105 cm³/mol. The fourth-order valence-corrected chi connectivity index (χ4v) is 3.49. The lowest BCUT2D eigenvalue weighted by Crippen LogP contribution is -2.49. The molecular weight excluding hydrogens is 366 g/mol. The van der Waals surface area contributed by atoms with Gasteiger partial charge in [0, 0.05) is 49.9 Å². The summed E-state index contributed by atoms with van der Waals surface area (Å²) in [7, 11) is 0. The number of aromatic nitrogens is 2. The molecule has 0 spiro atoms. The van der Waals surface area contributed by atoms with E-state index in [0.29, 0.717) is 23.7 Å². The minimum Gasteiger partial charge on any atom is -0.378 e. The van der Waals surface area contributed by atoms with E-state index in [1.165, 1.54) is 0 Å². The van der Waals surface area contributed by atoms with Crippen molar-refractivity contribution in [3.05, 3.63) is 47.0 Å². The van der Waals surface area contributed by atoms with Crippen LogP contribution >= 0.6 is 11.6 Å². The van der Waals surface area contributed by atoms with E-state index < -0.39 is 0 Å². The number of hydrogen-bond donors (Lipinski definition) is 0. The summed E-state index contributed by atoms with van der Waals surface area (Å²) >= 11 is 5.90. The van der Waals surface area contributed by atoms with Gasteiger partial charge >= 0.3 is 0 Å². The fraction of sp³-hybridized carbons (Fsp3) is 0.421. The van der Waals surface area contributed by atoms with Crippen molar-refractivity contribution in [2.45, 2.75) is 0 Å². The molecule has 0 bridgehead atoms. The smallest absolute Gasteiger partial charge is 0.253 e. The highest BCUT2D eigenvalue weighted by atomic mass is 35.5. The Kier molecular flexibility index (Phi) is 5.40. The van der Waals surface area contributed by atoms with Crippen LogP contribution < -0.4 is 9.80 Å². The van der Waals surface area contributed by atoms with Gasteiger partial charge in [-0.05, 0) is 36.4 Å². The molecule has 3 heterocycles. The van der Waals surface area contributed by atoms with Crippen molar-refractivity contribution in [2.24, 2.45) is 0 Å². The molecule has 1 amide bonds. The third-order valence-corrected chi connectivity index (χ3v) is 5.21. The zero-order valence-electron chi connectivity index (χ0n) is 15.1. The summed E-state index contributed by atoms with van der Waals surface area (Å²) in [5, 5.41) is 9.40. The standard InChI is InChI=1S/C19H22ClN5O2/c20-16-3-1-15(2-4-16)19(26)25-9-7-23(8-10-25)17-5-6-18(22-21-17)24-11-13-27-14-12-24/h1-6H,7-14H2. The summed E-state index contributed by atoms with van der Waals surface area (Å²) in [6.45, 7) is 5.96. The first-order chi connectivity index (χ1) is 13.2. The molecular formula is C19H22ClN5O2. The molecule has 2 fully saturated rings. The molecule has 7 nitrogen and oxygen atoms in total. The van der Waals surface area contributed by atoms with Crippen molar-refractivity contribution < 1.29 is 9.53 Å². The zero-order chi connectivity index (χ0) is 18.6. The molecule has 27 heavy (non-hydrogen) atoms. The van der Waals surface area contributed by atoms with Gasteiger partial charge in [-0.25, -0.2) is 0 Å². The quantitative estimate of drug-likeness (QED) is 0.802. The summed E-state index contributed by atoms with van der Waals surface area (Å²) in [5.74, 6) is 1.78. The highest BCUT2D eigenvalue weighted by Gasteiger charge is 2.23. The zero-order valence-corrected chi connectivity index (χ0v) is 15.8. The van der Waals surface area contributed by atoms with Crippen LogP contribution in [-0.4, -0.2) is 73.5 Å². The molecule has 8 heteroatoms. The number of benzene rings is 1. The van der Waals surface area contributed by atoms with Gasteiger partial charge in [0.25, 0.3) is 5.91 Å². The Labute approximate surface area is 163 Å². The Morgan fingerprint density at radius 3 is 1.93 bits per heavy atom. The summed E-state index contributed by atoms with van der Waals surface area (Å²) < 4.78 is 5.37. The summed E-state index contributed by atoms with van der Waals surface area (Å²) in [6, 6.07) is 11.1. The van der Waals surface area contributed by atoms with Crippen molar-refractivity contribution in [3.8, 4) is 0 Å². The molecule has 2 aliphatic heterocycles. The van der Waals surface area contributed by atoms with Gasteiger partial charge in [-0.3, -0.25) is 4.79 Å². The molecule has 2 saturated heterocycles. The van der Waals surface area contributed by atoms with Crippen molar-refractivity contribution in [3.63, 3.8) is 0 Å². The lowest BCUT2D eigenvalue weighted by Gasteiger charge is -2.35. The number of nitrogens with zero attached hydrogens (tertiary/aromatic N) is 5. The number of morpholine rings is 1. The van der Waals surface area contributed by atoms with E-state index in [9.17, 15) is 4.79 Å². The SMILES string of the molecule is O=C(c1ccc(Cl)cc1)N1CCN(c2ccc(N3CCOCC3)nn2)CC1. The molecule has 0 saturated carbocycles. The molecule has 0 radical (unpaired) electrons. The summed E-state index contributed by atoms with van der Waals surface area (Å²) in [6.07, 6.45) is 0. The average Bonchev–Trinajstić information content (AvgIpc) is 2.75. The number of amides is 1. The Balaban J connectivity index is 1.34. The van der Waals surface area contributed by atoms with Crippen LogP contribution in [0.25, 0.3) is 0 Å². The lowest BCUT2D eigenvalue weighted by atomic mass is 10.2. The van der Waals surface area contributed by atoms with Crippen LogP contribution in [0.15, 0.2) is 36.4 Å². The third-order valence-electron chi connectivity index (χ3n) is 4.95. The Bertz CT molecular complexity index is 770. The molecule has 2 aliphatic rings. The minimum atomic E-state index is 0.0417. The monoisotopic (exact) mass is 387 g/mol. The van der Waals surface area contributed by atoms with Crippen LogP contribution in [0.5, 0.6) is 0 Å². The summed E-state index contributed by atoms with van der Waals surface area (Å²) in [5.41, 5.74) is 0.669. The van der Waals surface area contributed by atoms with Crippen molar-refractivity contribution in [1.29, 1.82) is 0 Å². The van der Waals surface area contributed by atoms with Crippen molar-refractivity contribution in [1.82, 2.24) is 15.1 Å². The Morgan fingerprint density at radius 1 is 0.815 bits per heavy atom. The Morgan fingerprint density at radius 2 is 1.37 bits per heavy atom. The molecule has 0 atom stereocenters. The number of hydrogen-bond acceptors (Lipinski definition) is 6. The van der Waals surface area contributed by atoms with E-state index in [1.54, 1.807) is 24.3 Å². The predicted octanol–water partition coefficient (Wildman–Crippen LogP) is 1.93. The van der Waals surface area contributed by atoms with Gasteiger partial charge in [0.15, 0.2) is 11.6 Å². The Hall–Kier alpha value is -2.38. The third kappa shape index (κ3) is 4.14. The van der Waals surface area contributed by atoms with Crippen LogP contribution in [0, 0.1) is 0 Å². The average molecular weight is 388 g/mol. The molecule has 4 rings (SSSR count). The van der Waals surface area contributed by atoms with Gasteiger partial charge in [0.1, 0.15) is 0 Å². The molecule has 0 unspecified atom stereocenters. The number of rotatable bonds is 3. The molecule has 2 aromatic rings. The maximum Gasteiger partial charge on any atom is 0.253 e. The minimum absolute atomic E-state index is 0.0417. The van der Waals surface area contributed by atoms with Gasteiger partial charge in [-0.1, -0.05) is 11.6 Å². The maximum absolute atomic E-state index is 12.6. The highest BCUT2D eigenvalue weighted by Crippen LogP contribution is 2.18. The van der Waals surface area contributed by atoms with Gasteiger partial charge in [-0.2, -0.15) is 0 Å². The molecule has 0 aliphatic carbocycles. The number of carbonyl (C=O) groups is 1. The van der Waals surface area contributed by atoms with Crippen LogP contribution in [-0.2, 0) is 4.74 Å². The molecule has 1 aromatic heterocycles. The van der Waals surface area contributed by atoms with Crippen LogP contribution in [0.2, 0.25) is 5.02 Å². The largest absolute Gasteiger partial charge is 0.378 e. The van der Waals surface area contributed by atoms with Crippen LogP contribution in [0.4, 0.5) is 11.6 Å². The fourth-order valence-electron chi connectivity index (χ4n) is 3.36. The molecule has 142 valence electrons. The van der Waals surface area contributed by atoms with E-state index in [1.807, 2.05) is 17.0 Å². The van der Waals surface area contributed by atoms with E-state index in [2.05, 4.69) is 20.0 Å². The van der Waals surface area contributed by atoms with Gasteiger partial charge in [0.2, 0.25) is 0 Å². The lowest BCUT2D eigenvalue weighted by molar-refractivity contribution is 0.0746. The normalized spacial score (nSPS) is 17.9. The van der Waals surface area contributed by atoms with Crippen LogP contribution in [0.1, 0.15) is 10.4 Å². The van der Waals surface area contributed by atoms with Crippen molar-refractivity contribution in [2.75, 3.05) is 62.3 Å². The number of piperazine rings is 1. The van der Waals surface area contributed by atoms with Gasteiger partial charge in [0.05, 0.1) is 13.2 Å². The first-order valence-electron chi connectivity index (χ1n) is 9.17. The first kappa shape index (κ1) is 18.0. The van der Waals surface area contributed by atoms with Gasteiger partial charge in [-0.15, -0.1) is 10.2 Å². The van der Waals surface area contributed by atoms with E-state index in [-0.39, 0.29) is 5.91 Å². The van der Waals surface area contributed by atoms with E-state index in [4.69, 9.17) is 16.3 Å². The highest BCUT2D eigenvalue weighted by molar-refractivity contribution is 6.30. The second-order valence-corrected chi connectivity index (χ2v) is 7.07. The number of anilines is 2. The number of halogens is 1. The van der Waals surface area contributed by atoms with Gasteiger partial charge < -0.3 is 19.4 Å². The first-order valence-corrected chi connectivity index (χ1v) is 9.55. The number of carbonyl (C=O) groups excluding carboxylic acids is 1. The summed E-state index contributed by atoms with van der Waals surface area (Å²) in [4.78, 5) is 18.8.